The fourth-order valence-corrected chi connectivity index (χ4v) is 5.10. The smallest absolute Gasteiger partial charge is 0.307 e. The van der Waals surface area contributed by atoms with Crippen LogP contribution in [0.4, 0.5) is 0 Å². The maximum Gasteiger partial charge on any atom is 0.307 e. The maximum absolute atomic E-state index is 12.4. The summed E-state index contributed by atoms with van der Waals surface area (Å²) in [6, 6.07) is 0. The Morgan fingerprint density at radius 3 is 1.38 bits per heavy atom. The molecule has 0 aliphatic rings. The minimum atomic E-state index is -0.866. The summed E-state index contributed by atoms with van der Waals surface area (Å²) in [4.78, 5) is 59.3. The number of hydrogen-bond donors (Lipinski definition) is 0. The van der Waals surface area contributed by atoms with Crippen LogP contribution in [0.15, 0.2) is 0 Å². The lowest BCUT2D eigenvalue weighted by molar-refractivity contribution is -0.162. The average molecular weight is 607 g/mol. The van der Waals surface area contributed by atoms with Crippen molar-refractivity contribution in [3.63, 3.8) is 0 Å². The Balaban J connectivity index is 4.75. The monoisotopic (exact) mass is 606 g/mol. The van der Waals surface area contributed by atoms with Crippen LogP contribution in [-0.2, 0) is 42.9 Å². The quantitative estimate of drug-likeness (QED) is 0.0684. The molecule has 0 amide bonds. The van der Waals surface area contributed by atoms with E-state index in [4.69, 9.17) is 25.4 Å². The first-order valence-corrected chi connectivity index (χ1v) is 16.4. The lowest BCUT2D eigenvalue weighted by Gasteiger charge is -2.31. The lowest BCUT2D eigenvalue weighted by atomic mass is 9.88. The van der Waals surface area contributed by atoms with Gasteiger partial charge < -0.3 is 18.9 Å². The number of terminal acetylenes is 1. The van der Waals surface area contributed by atoms with E-state index in [1.165, 1.54) is 30.4 Å². The summed E-state index contributed by atoms with van der Waals surface area (Å²) < 4.78 is 21.2. The molecule has 39 heavy (non-hydrogen) atoms. The van der Waals surface area contributed by atoms with Crippen molar-refractivity contribution in [1.82, 2.24) is 0 Å². The number of thioether (sulfide) groups is 3. The van der Waals surface area contributed by atoms with E-state index in [0.717, 1.165) is 5.75 Å². The first kappa shape index (κ1) is 37.2. The van der Waals surface area contributed by atoms with Gasteiger partial charge in [-0.05, 0) is 19.1 Å². The van der Waals surface area contributed by atoms with E-state index in [0.29, 0.717) is 41.6 Å². The Labute approximate surface area is 245 Å². The van der Waals surface area contributed by atoms with Crippen LogP contribution < -0.4 is 0 Å². The van der Waals surface area contributed by atoms with Gasteiger partial charge in [-0.1, -0.05) is 19.8 Å². The van der Waals surface area contributed by atoms with Crippen LogP contribution >= 0.6 is 35.3 Å². The molecule has 0 aliphatic heterocycles. The van der Waals surface area contributed by atoms with E-state index in [1.54, 1.807) is 11.8 Å². The first-order valence-electron chi connectivity index (χ1n) is 13.0. The Kier molecular flexibility index (Phi) is 22.9. The standard InChI is InChI=1S/C27H42O9S3/c1-5-13-33-23(29)10-16-39-18-12-26(32)36-21-27(6-2,19-34-24(30)9-15-37-7-3)20-35-25(31)11-17-38-14-8-22(4)28/h1H,6-21H2,2-4H3. The van der Waals surface area contributed by atoms with Gasteiger partial charge in [0, 0.05) is 35.2 Å². The van der Waals surface area contributed by atoms with Crippen molar-refractivity contribution in [2.75, 3.05) is 60.9 Å². The minimum absolute atomic E-state index is 0.0401. The van der Waals surface area contributed by atoms with Gasteiger partial charge >= 0.3 is 23.9 Å². The van der Waals surface area contributed by atoms with Crippen LogP contribution in [0.3, 0.4) is 0 Å². The molecule has 0 aliphatic carbocycles. The second kappa shape index (κ2) is 24.0. The highest BCUT2D eigenvalue weighted by atomic mass is 32.2. The number of carbonyl (C=O) groups excluding carboxylic acids is 5. The average Bonchev–Trinajstić information content (AvgIpc) is 2.91. The van der Waals surface area contributed by atoms with E-state index in [1.807, 2.05) is 13.8 Å². The molecule has 0 N–H and O–H groups in total. The number of carbonyl (C=O) groups is 5. The van der Waals surface area contributed by atoms with E-state index in [2.05, 4.69) is 5.92 Å². The van der Waals surface area contributed by atoms with Crippen molar-refractivity contribution in [2.24, 2.45) is 5.41 Å². The van der Waals surface area contributed by atoms with Gasteiger partial charge in [0.2, 0.25) is 0 Å². The zero-order valence-electron chi connectivity index (χ0n) is 23.3. The predicted octanol–water partition coefficient (Wildman–Crippen LogP) is 3.95. The number of esters is 4. The summed E-state index contributed by atoms with van der Waals surface area (Å²) in [6.07, 6.45) is 6.74. The molecule has 0 aromatic carbocycles. The fourth-order valence-electron chi connectivity index (χ4n) is 2.73. The molecule has 12 heteroatoms. The Bertz CT molecular complexity index is 798. The van der Waals surface area contributed by atoms with Crippen molar-refractivity contribution < 1.29 is 42.9 Å². The van der Waals surface area contributed by atoms with Gasteiger partial charge in [0.1, 0.15) is 25.6 Å². The van der Waals surface area contributed by atoms with Gasteiger partial charge in [-0.15, -0.1) is 6.42 Å². The number of rotatable bonds is 24. The molecular weight excluding hydrogens is 564 g/mol. The number of hydrogen-bond acceptors (Lipinski definition) is 12. The Morgan fingerprint density at radius 1 is 0.641 bits per heavy atom. The second-order valence-electron chi connectivity index (χ2n) is 8.57. The molecule has 0 rings (SSSR count). The Morgan fingerprint density at radius 2 is 1.03 bits per heavy atom. The molecule has 0 saturated heterocycles. The molecule has 0 saturated carbocycles. The summed E-state index contributed by atoms with van der Waals surface area (Å²) in [5.74, 6) is 4.43. The highest BCUT2D eigenvalue weighted by Crippen LogP contribution is 2.25. The molecule has 1 unspecified atom stereocenters. The molecule has 1 atom stereocenters. The molecule has 0 aromatic rings. The minimum Gasteiger partial charge on any atom is -0.465 e. The first-order chi connectivity index (χ1) is 18.7. The zero-order valence-corrected chi connectivity index (χ0v) is 25.7. The lowest BCUT2D eigenvalue weighted by Crippen LogP contribution is -2.39. The summed E-state index contributed by atoms with van der Waals surface area (Å²) in [7, 11) is 0. The van der Waals surface area contributed by atoms with Crippen molar-refractivity contribution in [2.45, 2.75) is 59.3 Å². The third-order valence-electron chi connectivity index (χ3n) is 5.29. The summed E-state index contributed by atoms with van der Waals surface area (Å²) >= 11 is 4.56. The van der Waals surface area contributed by atoms with Crippen molar-refractivity contribution >= 4 is 64.9 Å². The van der Waals surface area contributed by atoms with Crippen LogP contribution in [0.2, 0.25) is 0 Å². The topological polar surface area (TPSA) is 122 Å². The third-order valence-corrected chi connectivity index (χ3v) is 8.16. The van der Waals surface area contributed by atoms with Crippen LogP contribution in [-0.4, -0.2) is 90.6 Å². The molecule has 0 aromatic heterocycles. The second-order valence-corrected chi connectivity index (χ2v) is 12.4. The van der Waals surface area contributed by atoms with Crippen molar-refractivity contribution in [1.29, 1.82) is 0 Å². The van der Waals surface area contributed by atoms with E-state index >= 15 is 0 Å². The van der Waals surface area contributed by atoms with Gasteiger partial charge in [0.25, 0.3) is 0 Å². The number of ether oxygens (including phenoxy) is 4. The summed E-state index contributed by atoms with van der Waals surface area (Å²) in [5.41, 5.74) is -0.866. The fraction of sp³-hybridized carbons (Fsp3) is 0.741. The SMILES string of the molecule is C#CCOC(=O)CCSCCC(=O)OCC(CC)(COC(=O)CCSCC)COC(=O)CCSCCC(C)=O. The highest BCUT2D eigenvalue weighted by Gasteiger charge is 2.34. The van der Waals surface area contributed by atoms with E-state index < -0.39 is 17.4 Å². The molecule has 9 nitrogen and oxygen atoms in total. The van der Waals surface area contributed by atoms with Gasteiger partial charge in [0.15, 0.2) is 6.61 Å². The third kappa shape index (κ3) is 21.6. The van der Waals surface area contributed by atoms with Gasteiger partial charge in [-0.25, -0.2) is 0 Å². The van der Waals surface area contributed by atoms with Crippen LogP contribution in [0.5, 0.6) is 0 Å². The van der Waals surface area contributed by atoms with Crippen LogP contribution in [0.25, 0.3) is 0 Å². The van der Waals surface area contributed by atoms with E-state index in [9.17, 15) is 24.0 Å². The molecule has 0 heterocycles. The molecular formula is C27H42O9S3. The summed E-state index contributed by atoms with van der Waals surface area (Å²) in [5, 5.41) is 0. The highest BCUT2D eigenvalue weighted by molar-refractivity contribution is 7.99. The van der Waals surface area contributed by atoms with Crippen molar-refractivity contribution in [3.8, 4) is 12.3 Å². The number of Topliss-reactive ketones (excluding diaryl/α,β-unsaturated/α-hetero) is 1. The number of ketones is 1. The maximum atomic E-state index is 12.4. The molecule has 0 spiro atoms. The van der Waals surface area contributed by atoms with Crippen LogP contribution in [0.1, 0.15) is 59.3 Å². The molecule has 0 radical (unpaired) electrons. The van der Waals surface area contributed by atoms with Crippen LogP contribution in [0, 0.1) is 17.8 Å². The molecule has 0 bridgehead atoms. The Hall–Kier alpha value is -1.84. The summed E-state index contributed by atoms with van der Waals surface area (Å²) in [6.45, 7) is 5.18. The normalized spacial score (nSPS) is 12.1. The largest absolute Gasteiger partial charge is 0.465 e. The molecule has 222 valence electrons. The molecule has 0 fully saturated rings. The zero-order chi connectivity index (χ0) is 29.4. The van der Waals surface area contributed by atoms with Gasteiger partial charge in [-0.3, -0.25) is 24.0 Å². The van der Waals surface area contributed by atoms with E-state index in [-0.39, 0.29) is 69.8 Å². The van der Waals surface area contributed by atoms with Gasteiger partial charge in [0.05, 0.1) is 31.1 Å². The van der Waals surface area contributed by atoms with Crippen molar-refractivity contribution in [3.05, 3.63) is 0 Å². The predicted molar refractivity (Wildman–Crippen MR) is 157 cm³/mol. The van der Waals surface area contributed by atoms with Gasteiger partial charge in [-0.2, -0.15) is 35.3 Å².